The number of hydrogen-bond donors (Lipinski definition) is 0. The number of nitrogens with zero attached hydrogens (tertiary/aromatic N) is 1. The third-order valence-corrected chi connectivity index (χ3v) is 3.21. The van der Waals surface area contributed by atoms with Crippen LogP contribution in [-0.2, 0) is 17.5 Å². The molecule has 0 spiro atoms. The third kappa shape index (κ3) is 3.81. The first-order chi connectivity index (χ1) is 11.2. The topological polar surface area (TPSA) is 48.3 Å². The number of carbonyl (C=O) groups is 1. The van der Waals surface area contributed by atoms with E-state index in [1.807, 2.05) is 0 Å². The van der Waals surface area contributed by atoms with Crippen molar-refractivity contribution in [1.82, 2.24) is 4.57 Å². The molecule has 1 aromatic carbocycles. The number of hydrogen-bond acceptors (Lipinski definition) is 3. The Morgan fingerprint density at radius 2 is 1.96 bits per heavy atom. The first-order valence-electron chi connectivity index (χ1n) is 6.96. The van der Waals surface area contributed by atoms with E-state index in [4.69, 9.17) is 4.74 Å². The highest BCUT2D eigenvalue weighted by atomic mass is 19.4. The van der Waals surface area contributed by atoms with Crippen LogP contribution < -0.4 is 5.56 Å². The van der Waals surface area contributed by atoms with E-state index in [-0.39, 0.29) is 24.3 Å². The molecular weight excluding hydrogens is 330 g/mol. The number of benzene rings is 1. The summed E-state index contributed by atoms with van der Waals surface area (Å²) in [6.07, 6.45) is -3.44. The zero-order chi connectivity index (χ0) is 17.9. The fraction of sp³-hybridized carbons (Fsp3) is 0.250. The molecule has 4 nitrogen and oxygen atoms in total. The van der Waals surface area contributed by atoms with Gasteiger partial charge < -0.3 is 9.30 Å². The molecule has 0 aliphatic carbocycles. The summed E-state index contributed by atoms with van der Waals surface area (Å²) in [6.45, 7) is 1.50. The smallest absolute Gasteiger partial charge is 0.419 e. The maximum Gasteiger partial charge on any atom is 0.419 e. The van der Waals surface area contributed by atoms with Crippen LogP contribution in [0.15, 0.2) is 41.3 Å². The molecule has 0 saturated carbocycles. The molecule has 8 heteroatoms. The molecule has 1 aromatic heterocycles. The number of rotatable bonds is 4. The number of alkyl halides is 3. The van der Waals surface area contributed by atoms with Crippen molar-refractivity contribution in [3.05, 3.63) is 69.4 Å². The molecule has 2 rings (SSSR count). The minimum absolute atomic E-state index is 0.0945. The third-order valence-electron chi connectivity index (χ3n) is 3.21. The van der Waals surface area contributed by atoms with Crippen molar-refractivity contribution >= 4 is 5.97 Å². The van der Waals surface area contributed by atoms with Gasteiger partial charge >= 0.3 is 12.1 Å². The SMILES string of the molecule is CCOC(=O)c1cccn(Cc2ccc(C(F)(F)F)c(F)c2)c1=O. The van der Waals surface area contributed by atoms with Gasteiger partial charge in [-0.15, -0.1) is 0 Å². The van der Waals surface area contributed by atoms with Crippen molar-refractivity contribution in [2.45, 2.75) is 19.6 Å². The molecule has 0 N–H and O–H groups in total. The minimum Gasteiger partial charge on any atom is -0.462 e. The van der Waals surface area contributed by atoms with E-state index in [2.05, 4.69) is 0 Å². The maximum atomic E-state index is 13.6. The predicted octanol–water partition coefficient (Wildman–Crippen LogP) is 3.23. The van der Waals surface area contributed by atoms with Crippen molar-refractivity contribution in [3.8, 4) is 0 Å². The molecule has 0 aliphatic rings. The zero-order valence-corrected chi connectivity index (χ0v) is 12.6. The van der Waals surface area contributed by atoms with E-state index in [0.29, 0.717) is 12.1 Å². The van der Waals surface area contributed by atoms with Crippen LogP contribution in [0.1, 0.15) is 28.4 Å². The van der Waals surface area contributed by atoms with Crippen molar-refractivity contribution in [2.24, 2.45) is 0 Å². The molecule has 0 unspecified atom stereocenters. The summed E-state index contributed by atoms with van der Waals surface area (Å²) in [7, 11) is 0. The molecular formula is C16H13F4NO3. The average molecular weight is 343 g/mol. The fourth-order valence-corrected chi connectivity index (χ4v) is 2.11. The van der Waals surface area contributed by atoms with E-state index >= 15 is 0 Å². The highest BCUT2D eigenvalue weighted by Gasteiger charge is 2.33. The Morgan fingerprint density at radius 3 is 2.54 bits per heavy atom. The number of pyridine rings is 1. The molecule has 128 valence electrons. The van der Waals surface area contributed by atoms with Gasteiger partial charge in [-0.1, -0.05) is 6.07 Å². The summed E-state index contributed by atoms with van der Waals surface area (Å²) in [5.41, 5.74) is -2.09. The summed E-state index contributed by atoms with van der Waals surface area (Å²) in [5, 5.41) is 0. The first kappa shape index (κ1) is 17.7. The predicted molar refractivity (Wildman–Crippen MR) is 77.2 cm³/mol. The lowest BCUT2D eigenvalue weighted by molar-refractivity contribution is -0.140. The van der Waals surface area contributed by atoms with Crippen LogP contribution in [0.2, 0.25) is 0 Å². The monoisotopic (exact) mass is 343 g/mol. The molecule has 0 radical (unpaired) electrons. The van der Waals surface area contributed by atoms with Crippen molar-refractivity contribution in [3.63, 3.8) is 0 Å². The summed E-state index contributed by atoms with van der Waals surface area (Å²) < 4.78 is 57.0. The highest BCUT2D eigenvalue weighted by Crippen LogP contribution is 2.31. The van der Waals surface area contributed by atoms with Crippen molar-refractivity contribution in [1.29, 1.82) is 0 Å². The normalized spacial score (nSPS) is 11.4. The van der Waals surface area contributed by atoms with Crippen LogP contribution in [0.4, 0.5) is 17.6 Å². The average Bonchev–Trinajstić information content (AvgIpc) is 2.48. The van der Waals surface area contributed by atoms with Gasteiger partial charge in [-0.05, 0) is 36.8 Å². The second-order valence-corrected chi connectivity index (χ2v) is 4.89. The summed E-state index contributed by atoms with van der Waals surface area (Å²) >= 11 is 0. The van der Waals surface area contributed by atoms with E-state index in [1.54, 1.807) is 6.92 Å². The number of esters is 1. The largest absolute Gasteiger partial charge is 0.462 e. The Morgan fingerprint density at radius 1 is 1.25 bits per heavy atom. The fourth-order valence-electron chi connectivity index (χ4n) is 2.11. The van der Waals surface area contributed by atoms with Gasteiger partial charge in [0.05, 0.1) is 18.7 Å². The molecule has 24 heavy (non-hydrogen) atoms. The quantitative estimate of drug-likeness (QED) is 0.633. The number of halogens is 4. The van der Waals surface area contributed by atoms with Gasteiger partial charge in [-0.25, -0.2) is 9.18 Å². The van der Waals surface area contributed by atoms with Gasteiger partial charge in [0.1, 0.15) is 11.4 Å². The van der Waals surface area contributed by atoms with Gasteiger partial charge in [0.15, 0.2) is 0 Å². The lowest BCUT2D eigenvalue weighted by Gasteiger charge is -2.11. The van der Waals surface area contributed by atoms with Crippen LogP contribution >= 0.6 is 0 Å². The lowest BCUT2D eigenvalue weighted by atomic mass is 10.1. The summed E-state index contributed by atoms with van der Waals surface area (Å²) in [6, 6.07) is 5.12. The molecule has 0 fully saturated rings. The summed E-state index contributed by atoms with van der Waals surface area (Å²) in [4.78, 5) is 23.8. The van der Waals surface area contributed by atoms with Gasteiger partial charge in [0, 0.05) is 6.20 Å². The lowest BCUT2D eigenvalue weighted by Crippen LogP contribution is -2.27. The zero-order valence-electron chi connectivity index (χ0n) is 12.6. The van der Waals surface area contributed by atoms with E-state index in [9.17, 15) is 27.2 Å². The van der Waals surface area contributed by atoms with E-state index < -0.39 is 29.1 Å². The van der Waals surface area contributed by atoms with Crippen LogP contribution in [0, 0.1) is 5.82 Å². The molecule has 1 heterocycles. The van der Waals surface area contributed by atoms with Crippen LogP contribution in [0.3, 0.4) is 0 Å². The van der Waals surface area contributed by atoms with Crippen LogP contribution in [0.5, 0.6) is 0 Å². The molecule has 0 atom stereocenters. The van der Waals surface area contributed by atoms with Gasteiger partial charge in [0.2, 0.25) is 0 Å². The van der Waals surface area contributed by atoms with Crippen molar-refractivity contribution < 1.29 is 27.1 Å². The Balaban J connectivity index is 2.32. The molecule has 0 saturated heterocycles. The van der Waals surface area contributed by atoms with E-state index in [0.717, 1.165) is 10.6 Å². The van der Waals surface area contributed by atoms with Gasteiger partial charge in [-0.3, -0.25) is 4.79 Å². The van der Waals surface area contributed by atoms with Crippen LogP contribution in [0.25, 0.3) is 0 Å². The molecule has 0 aliphatic heterocycles. The highest BCUT2D eigenvalue weighted by molar-refractivity contribution is 5.88. The Labute approximate surface area is 134 Å². The van der Waals surface area contributed by atoms with Gasteiger partial charge in [0.25, 0.3) is 5.56 Å². The second-order valence-electron chi connectivity index (χ2n) is 4.89. The second kappa shape index (κ2) is 6.86. The Bertz CT molecular complexity index is 812. The first-order valence-corrected chi connectivity index (χ1v) is 6.96. The van der Waals surface area contributed by atoms with Gasteiger partial charge in [-0.2, -0.15) is 13.2 Å². The Kier molecular flexibility index (Phi) is 5.06. The van der Waals surface area contributed by atoms with Crippen molar-refractivity contribution in [2.75, 3.05) is 6.61 Å². The standard InChI is InChI=1S/C16H13F4NO3/c1-2-24-15(23)11-4-3-7-21(14(11)22)9-10-5-6-12(13(17)8-10)16(18,19)20/h3-8H,2,9H2,1H3. The number of aromatic nitrogens is 1. The number of ether oxygens (including phenoxy) is 1. The summed E-state index contributed by atoms with van der Waals surface area (Å²) in [5.74, 6) is -2.22. The Hall–Kier alpha value is -2.64. The van der Waals surface area contributed by atoms with Crippen LogP contribution in [-0.4, -0.2) is 17.1 Å². The number of carbonyl (C=O) groups excluding carboxylic acids is 1. The minimum atomic E-state index is -4.79. The molecule has 2 aromatic rings. The molecule has 0 bridgehead atoms. The maximum absolute atomic E-state index is 13.6. The van der Waals surface area contributed by atoms with E-state index in [1.165, 1.54) is 18.3 Å². The molecule has 0 amide bonds.